The van der Waals surface area contributed by atoms with Crippen molar-refractivity contribution in [1.82, 2.24) is 9.80 Å². The molecule has 1 fully saturated rings. The lowest BCUT2D eigenvalue weighted by atomic mass is 10.2. The van der Waals surface area contributed by atoms with Gasteiger partial charge < -0.3 is 14.9 Å². The first-order valence-electron chi connectivity index (χ1n) is 3.40. The molecule has 1 atom stereocenters. The smallest absolute Gasteiger partial charge is 0.232 e. The van der Waals surface area contributed by atoms with Gasteiger partial charge in [-0.1, -0.05) is 6.58 Å². The molecule has 1 aliphatic heterocycles. The van der Waals surface area contributed by atoms with E-state index in [0.717, 1.165) is 0 Å². The topological polar surface area (TPSA) is 43.8 Å². The van der Waals surface area contributed by atoms with Crippen molar-refractivity contribution in [3.05, 3.63) is 12.4 Å². The number of carbonyl (C=O) groups is 1. The van der Waals surface area contributed by atoms with Gasteiger partial charge in [-0.2, -0.15) is 0 Å². The highest BCUT2D eigenvalue weighted by Gasteiger charge is 2.28. The number of nitrogens with zero attached hydrogens (tertiary/aromatic N) is 2. The molecule has 4 heteroatoms. The highest BCUT2D eigenvalue weighted by Crippen LogP contribution is 2.17. The lowest BCUT2D eigenvalue weighted by molar-refractivity contribution is -0.140. The van der Waals surface area contributed by atoms with Crippen LogP contribution in [0.5, 0.6) is 0 Å². The zero-order valence-corrected chi connectivity index (χ0v) is 6.74. The summed E-state index contributed by atoms with van der Waals surface area (Å²) in [5, 5.41) is 9.25. The second-order valence-corrected chi connectivity index (χ2v) is 2.66. The zero-order chi connectivity index (χ0) is 8.59. The van der Waals surface area contributed by atoms with E-state index < -0.39 is 6.23 Å². The maximum Gasteiger partial charge on any atom is 0.232 e. The van der Waals surface area contributed by atoms with Crippen molar-refractivity contribution in [2.45, 2.75) is 12.6 Å². The van der Waals surface area contributed by atoms with Crippen LogP contribution in [0.1, 0.15) is 6.42 Å². The molecule has 1 rings (SSSR count). The largest absolute Gasteiger partial charge is 0.373 e. The maximum absolute atomic E-state index is 11.0. The van der Waals surface area contributed by atoms with E-state index in [-0.39, 0.29) is 12.3 Å². The van der Waals surface area contributed by atoms with Gasteiger partial charge in [-0.15, -0.1) is 0 Å². The van der Waals surface area contributed by atoms with Gasteiger partial charge in [0.2, 0.25) is 5.91 Å². The molecule has 0 spiro atoms. The Morgan fingerprint density at radius 2 is 2.18 bits per heavy atom. The van der Waals surface area contributed by atoms with Crippen LogP contribution in [0.25, 0.3) is 0 Å². The first-order valence-corrected chi connectivity index (χ1v) is 3.40. The second-order valence-electron chi connectivity index (χ2n) is 2.66. The van der Waals surface area contributed by atoms with Crippen LogP contribution in [0.15, 0.2) is 12.4 Å². The summed E-state index contributed by atoms with van der Waals surface area (Å²) in [6, 6.07) is 0. The minimum atomic E-state index is -0.716. The van der Waals surface area contributed by atoms with Crippen molar-refractivity contribution in [3.63, 3.8) is 0 Å². The molecule has 0 aliphatic carbocycles. The standard InChI is InChI=1S/C7H12N2O2/c1-5-8(2)6(10)4-7(11)9(5)3/h6,10H,1,4H2,2-3H3. The number of aliphatic hydroxyl groups excluding tert-OH is 1. The van der Waals surface area contributed by atoms with Crippen LogP contribution in [-0.2, 0) is 4.79 Å². The van der Waals surface area contributed by atoms with Crippen LogP contribution in [0.4, 0.5) is 0 Å². The van der Waals surface area contributed by atoms with Crippen molar-refractivity contribution in [2.75, 3.05) is 14.1 Å². The van der Waals surface area contributed by atoms with Gasteiger partial charge in [0.15, 0.2) is 0 Å². The maximum atomic E-state index is 11.0. The molecule has 11 heavy (non-hydrogen) atoms. The molecule has 0 aromatic rings. The molecule has 62 valence electrons. The third-order valence-corrected chi connectivity index (χ3v) is 1.97. The van der Waals surface area contributed by atoms with E-state index in [1.54, 1.807) is 19.0 Å². The highest BCUT2D eigenvalue weighted by molar-refractivity contribution is 5.79. The second kappa shape index (κ2) is 2.54. The Morgan fingerprint density at radius 3 is 2.73 bits per heavy atom. The van der Waals surface area contributed by atoms with Crippen LogP contribution in [0.2, 0.25) is 0 Å². The first-order chi connectivity index (χ1) is 5.04. The molecule has 0 aromatic carbocycles. The van der Waals surface area contributed by atoms with E-state index in [1.165, 1.54) is 4.90 Å². The number of hydrogen-bond acceptors (Lipinski definition) is 3. The van der Waals surface area contributed by atoms with Gasteiger partial charge >= 0.3 is 0 Å². The molecule has 1 heterocycles. The average Bonchev–Trinajstić information content (AvgIpc) is 1.97. The summed E-state index contributed by atoms with van der Waals surface area (Å²) in [6.45, 7) is 3.65. The van der Waals surface area contributed by atoms with E-state index in [9.17, 15) is 9.90 Å². The number of amides is 1. The molecule has 0 bridgehead atoms. The van der Waals surface area contributed by atoms with Crippen LogP contribution >= 0.6 is 0 Å². The molecule has 1 N–H and O–H groups in total. The van der Waals surface area contributed by atoms with Gasteiger partial charge in [-0.3, -0.25) is 4.79 Å². The van der Waals surface area contributed by atoms with Crippen molar-refractivity contribution in [1.29, 1.82) is 0 Å². The number of aliphatic hydroxyl groups is 1. The van der Waals surface area contributed by atoms with Crippen LogP contribution in [0.3, 0.4) is 0 Å². The summed E-state index contributed by atoms with van der Waals surface area (Å²) in [4.78, 5) is 14.0. The third-order valence-electron chi connectivity index (χ3n) is 1.97. The summed E-state index contributed by atoms with van der Waals surface area (Å²) in [7, 11) is 3.35. The van der Waals surface area contributed by atoms with Gasteiger partial charge in [0, 0.05) is 14.1 Å². The Bertz CT molecular complexity index is 203. The van der Waals surface area contributed by atoms with E-state index in [4.69, 9.17) is 0 Å². The fraction of sp³-hybridized carbons (Fsp3) is 0.571. The van der Waals surface area contributed by atoms with E-state index in [0.29, 0.717) is 5.82 Å². The summed E-state index contributed by atoms with van der Waals surface area (Å²) < 4.78 is 0. The quantitative estimate of drug-likeness (QED) is 0.517. The monoisotopic (exact) mass is 156 g/mol. The molecular formula is C7H12N2O2. The van der Waals surface area contributed by atoms with Crippen molar-refractivity contribution >= 4 is 5.91 Å². The lowest BCUT2D eigenvalue weighted by Crippen LogP contribution is -2.47. The Hall–Kier alpha value is -1.03. The Morgan fingerprint density at radius 1 is 1.64 bits per heavy atom. The lowest BCUT2D eigenvalue weighted by Gasteiger charge is -2.37. The van der Waals surface area contributed by atoms with Crippen molar-refractivity contribution < 1.29 is 9.90 Å². The van der Waals surface area contributed by atoms with Crippen LogP contribution in [-0.4, -0.2) is 41.1 Å². The molecule has 1 unspecified atom stereocenters. The van der Waals surface area contributed by atoms with Gasteiger partial charge in [0.05, 0.1) is 6.42 Å². The number of rotatable bonds is 0. The van der Waals surface area contributed by atoms with Gasteiger partial charge in [0.25, 0.3) is 0 Å². The zero-order valence-electron chi connectivity index (χ0n) is 6.74. The molecule has 0 saturated carbocycles. The van der Waals surface area contributed by atoms with Gasteiger partial charge in [-0.05, 0) is 0 Å². The SMILES string of the molecule is C=C1N(C)C(=O)CC(O)N1C. The predicted octanol–water partition coefficient (Wildman–Crippen LogP) is -0.430. The Balaban J connectivity index is 2.79. The van der Waals surface area contributed by atoms with Crippen LogP contribution < -0.4 is 0 Å². The highest BCUT2D eigenvalue weighted by atomic mass is 16.3. The van der Waals surface area contributed by atoms with Crippen LogP contribution in [0, 0.1) is 0 Å². The summed E-state index contributed by atoms with van der Waals surface area (Å²) in [5.74, 6) is 0.439. The molecular weight excluding hydrogens is 144 g/mol. The minimum Gasteiger partial charge on any atom is -0.373 e. The molecule has 0 aromatic heterocycles. The van der Waals surface area contributed by atoms with E-state index in [2.05, 4.69) is 6.58 Å². The van der Waals surface area contributed by atoms with Gasteiger partial charge in [-0.25, -0.2) is 0 Å². The molecule has 4 nitrogen and oxygen atoms in total. The van der Waals surface area contributed by atoms with Crippen molar-refractivity contribution in [2.24, 2.45) is 0 Å². The average molecular weight is 156 g/mol. The van der Waals surface area contributed by atoms with Gasteiger partial charge in [0.1, 0.15) is 12.0 Å². The van der Waals surface area contributed by atoms with E-state index in [1.807, 2.05) is 0 Å². The van der Waals surface area contributed by atoms with E-state index >= 15 is 0 Å². The van der Waals surface area contributed by atoms with Crippen molar-refractivity contribution in [3.8, 4) is 0 Å². The number of hydrogen-bond donors (Lipinski definition) is 1. The molecule has 1 aliphatic rings. The predicted molar refractivity (Wildman–Crippen MR) is 40.3 cm³/mol. The first kappa shape index (κ1) is 8.07. The summed E-state index contributed by atoms with van der Waals surface area (Å²) in [6.07, 6.45) is -0.572. The minimum absolute atomic E-state index is 0.0967. The molecule has 1 amide bonds. The fourth-order valence-electron chi connectivity index (χ4n) is 0.983. The normalized spacial score (nSPS) is 26.3. The Labute approximate surface area is 65.7 Å². The molecule has 1 saturated heterocycles. The summed E-state index contributed by atoms with van der Waals surface area (Å²) >= 11 is 0. The summed E-state index contributed by atoms with van der Waals surface area (Å²) in [5.41, 5.74) is 0. The molecule has 0 radical (unpaired) electrons. The number of carbonyl (C=O) groups excluding carboxylic acids is 1. The Kier molecular flexibility index (Phi) is 1.87. The fourth-order valence-corrected chi connectivity index (χ4v) is 0.983. The third kappa shape index (κ3) is 1.21.